The Bertz CT molecular complexity index is 826. The van der Waals surface area contributed by atoms with Gasteiger partial charge in [-0.3, -0.25) is 19.3 Å². The quantitative estimate of drug-likeness (QED) is 0.832. The van der Waals surface area contributed by atoms with Gasteiger partial charge < -0.3 is 5.32 Å². The van der Waals surface area contributed by atoms with Crippen LogP contribution in [0.3, 0.4) is 0 Å². The number of dihydropyridines is 1. The molecule has 1 aliphatic rings. The van der Waals surface area contributed by atoms with Crippen LogP contribution in [0.4, 0.5) is 5.82 Å². The third-order valence-corrected chi connectivity index (χ3v) is 3.72. The fraction of sp³-hybridized carbons (Fsp3) is 0.133. The van der Waals surface area contributed by atoms with Gasteiger partial charge in [-0.25, -0.2) is 4.99 Å². The largest absolute Gasteiger partial charge is 0.310 e. The lowest BCUT2D eigenvalue weighted by molar-refractivity contribution is -0.128. The molecule has 0 aromatic carbocycles. The van der Waals surface area contributed by atoms with Gasteiger partial charge >= 0.3 is 0 Å². The van der Waals surface area contributed by atoms with Crippen molar-refractivity contribution in [3.05, 3.63) is 41.0 Å². The molecule has 0 bridgehead atoms. The number of aryl methyl sites for hydroxylation is 1. The first-order chi connectivity index (χ1) is 11.0. The predicted molar refractivity (Wildman–Crippen MR) is 89.1 cm³/mol. The Kier molecular flexibility index (Phi) is 4.16. The first-order valence-corrected chi connectivity index (χ1v) is 7.55. The minimum Gasteiger partial charge on any atom is -0.310 e. The van der Waals surface area contributed by atoms with Crippen molar-refractivity contribution in [3.8, 4) is 11.4 Å². The van der Waals surface area contributed by atoms with Crippen LogP contribution >= 0.6 is 15.9 Å². The number of amides is 2. The Labute approximate surface area is 140 Å². The van der Waals surface area contributed by atoms with Crippen LogP contribution in [0.25, 0.3) is 11.4 Å². The molecule has 3 heterocycles. The molecule has 7 nitrogen and oxygen atoms in total. The van der Waals surface area contributed by atoms with E-state index in [1.54, 1.807) is 19.3 Å². The first-order valence-electron chi connectivity index (χ1n) is 6.76. The number of aromatic nitrogens is 3. The Morgan fingerprint density at radius 2 is 2.17 bits per heavy atom. The van der Waals surface area contributed by atoms with E-state index in [1.807, 2.05) is 18.2 Å². The Morgan fingerprint density at radius 3 is 2.91 bits per heavy atom. The van der Waals surface area contributed by atoms with Crippen molar-refractivity contribution >= 4 is 39.8 Å². The zero-order chi connectivity index (χ0) is 16.4. The summed E-state index contributed by atoms with van der Waals surface area (Å²) in [6.45, 7) is 0. The van der Waals surface area contributed by atoms with Crippen molar-refractivity contribution < 1.29 is 9.59 Å². The molecular formula is C15H12BrN5O2. The minimum atomic E-state index is -0.956. The van der Waals surface area contributed by atoms with Crippen LogP contribution in [0, 0.1) is 5.92 Å². The lowest BCUT2D eigenvalue weighted by Gasteiger charge is -2.12. The number of nitrogens with one attached hydrogen (secondary N) is 1. The molecule has 1 N–H and O–H groups in total. The molecule has 2 aromatic heterocycles. The molecule has 0 spiro atoms. The molecule has 1 aliphatic heterocycles. The van der Waals surface area contributed by atoms with Crippen LogP contribution in [-0.4, -0.2) is 32.8 Å². The smallest absolute Gasteiger partial charge is 0.262 e. The molecule has 3 rings (SSSR count). The molecule has 0 radical (unpaired) electrons. The Balaban J connectivity index is 1.81. The predicted octanol–water partition coefficient (Wildman–Crippen LogP) is 1.93. The number of rotatable bonds is 3. The van der Waals surface area contributed by atoms with E-state index in [-0.39, 0.29) is 0 Å². The number of aliphatic imine (C=N–C) groups is 1. The number of hydrogen-bond acceptors (Lipinski definition) is 4. The summed E-state index contributed by atoms with van der Waals surface area (Å²) in [6, 6.07) is 7.20. The van der Waals surface area contributed by atoms with Gasteiger partial charge in [0.1, 0.15) is 17.4 Å². The van der Waals surface area contributed by atoms with Crippen molar-refractivity contribution in [1.29, 1.82) is 0 Å². The third kappa shape index (κ3) is 3.26. The molecule has 1 atom stereocenters. The summed E-state index contributed by atoms with van der Waals surface area (Å²) in [4.78, 5) is 31.9. The summed E-state index contributed by atoms with van der Waals surface area (Å²) >= 11 is 3.21. The molecule has 23 heavy (non-hydrogen) atoms. The van der Waals surface area contributed by atoms with Gasteiger partial charge in [-0.2, -0.15) is 5.10 Å². The maximum Gasteiger partial charge on any atom is 0.262 e. The van der Waals surface area contributed by atoms with E-state index >= 15 is 0 Å². The van der Waals surface area contributed by atoms with E-state index < -0.39 is 17.7 Å². The number of carbonyl (C=O) groups excluding carboxylic acids is 2. The highest BCUT2D eigenvalue weighted by molar-refractivity contribution is 9.12. The second-order valence-electron chi connectivity index (χ2n) is 4.87. The van der Waals surface area contributed by atoms with Gasteiger partial charge in [0.2, 0.25) is 5.91 Å². The highest BCUT2D eigenvalue weighted by atomic mass is 79.9. The summed E-state index contributed by atoms with van der Waals surface area (Å²) in [5.74, 6) is -1.44. The molecular weight excluding hydrogens is 362 g/mol. The van der Waals surface area contributed by atoms with Crippen molar-refractivity contribution in [1.82, 2.24) is 14.8 Å². The van der Waals surface area contributed by atoms with E-state index in [9.17, 15) is 9.59 Å². The zero-order valence-electron chi connectivity index (χ0n) is 12.1. The average Bonchev–Trinajstić information content (AvgIpc) is 2.91. The van der Waals surface area contributed by atoms with Crippen LogP contribution < -0.4 is 5.32 Å². The first kappa shape index (κ1) is 15.3. The highest BCUT2D eigenvalue weighted by Crippen LogP contribution is 2.21. The summed E-state index contributed by atoms with van der Waals surface area (Å²) in [7, 11) is 1.70. The van der Waals surface area contributed by atoms with Crippen molar-refractivity contribution in [2.75, 3.05) is 5.32 Å². The number of carbonyl (C=O) groups is 2. The maximum atomic E-state index is 12.3. The van der Waals surface area contributed by atoms with Crippen LogP contribution in [0.15, 0.2) is 46.0 Å². The maximum absolute atomic E-state index is 12.3. The molecule has 0 aliphatic carbocycles. The monoisotopic (exact) mass is 373 g/mol. The molecule has 8 heteroatoms. The van der Waals surface area contributed by atoms with E-state index in [4.69, 9.17) is 0 Å². The summed E-state index contributed by atoms with van der Waals surface area (Å²) in [6.07, 6.45) is 4.55. The minimum absolute atomic E-state index is 0.459. The second kappa shape index (κ2) is 6.25. The SMILES string of the molecule is Cn1nc(-c2ccccn2)cc1NC(=O)C1C=C(Br)C=NC1=O. The van der Waals surface area contributed by atoms with E-state index in [2.05, 4.69) is 36.3 Å². The van der Waals surface area contributed by atoms with Gasteiger partial charge in [-0.15, -0.1) is 0 Å². The summed E-state index contributed by atoms with van der Waals surface area (Å²) in [5, 5.41) is 7.01. The number of anilines is 1. The van der Waals surface area contributed by atoms with E-state index in [1.165, 1.54) is 17.0 Å². The number of allylic oxidation sites excluding steroid dienone is 1. The fourth-order valence-electron chi connectivity index (χ4n) is 2.09. The highest BCUT2D eigenvalue weighted by Gasteiger charge is 2.27. The molecule has 2 amide bonds. The van der Waals surface area contributed by atoms with Crippen LogP contribution in [0.1, 0.15) is 0 Å². The fourth-order valence-corrected chi connectivity index (χ4v) is 2.46. The molecule has 0 saturated heterocycles. The topological polar surface area (TPSA) is 89.2 Å². The molecule has 1 unspecified atom stereocenters. The van der Waals surface area contributed by atoms with Gasteiger partial charge in [0.05, 0.1) is 5.69 Å². The number of hydrogen-bond donors (Lipinski definition) is 1. The van der Waals surface area contributed by atoms with Gasteiger partial charge in [0.25, 0.3) is 5.91 Å². The van der Waals surface area contributed by atoms with Gasteiger partial charge in [0.15, 0.2) is 0 Å². The zero-order valence-corrected chi connectivity index (χ0v) is 13.7. The molecule has 116 valence electrons. The van der Waals surface area contributed by atoms with Crippen molar-refractivity contribution in [2.45, 2.75) is 0 Å². The standard InChI is InChI=1S/C15H12BrN5O2/c1-21-13(7-12(20-21)11-4-2-3-5-17-11)19-15(23)10-6-9(16)8-18-14(10)22/h2-8,10H,1H3,(H,19,23). The van der Waals surface area contributed by atoms with Gasteiger partial charge in [-0.1, -0.05) is 6.07 Å². The van der Waals surface area contributed by atoms with E-state index in [0.29, 0.717) is 21.7 Å². The van der Waals surface area contributed by atoms with Crippen LogP contribution in [0.2, 0.25) is 0 Å². The number of nitrogens with zero attached hydrogens (tertiary/aromatic N) is 4. The van der Waals surface area contributed by atoms with Gasteiger partial charge in [0, 0.05) is 30.0 Å². The molecule has 2 aromatic rings. The lowest BCUT2D eigenvalue weighted by Crippen LogP contribution is -2.29. The van der Waals surface area contributed by atoms with Crippen molar-refractivity contribution in [2.24, 2.45) is 18.0 Å². The van der Waals surface area contributed by atoms with Crippen LogP contribution in [0.5, 0.6) is 0 Å². The van der Waals surface area contributed by atoms with Crippen LogP contribution in [-0.2, 0) is 16.6 Å². The Morgan fingerprint density at radius 1 is 1.35 bits per heavy atom. The normalized spacial score (nSPS) is 17.0. The van der Waals surface area contributed by atoms with Crippen molar-refractivity contribution in [3.63, 3.8) is 0 Å². The summed E-state index contributed by atoms with van der Waals surface area (Å²) < 4.78 is 2.12. The lowest BCUT2D eigenvalue weighted by atomic mass is 10.1. The molecule has 0 fully saturated rings. The third-order valence-electron chi connectivity index (χ3n) is 3.25. The Hall–Kier alpha value is -2.61. The molecule has 0 saturated carbocycles. The van der Waals surface area contributed by atoms with Gasteiger partial charge in [-0.05, 0) is 34.1 Å². The number of halogens is 1. The van der Waals surface area contributed by atoms with E-state index in [0.717, 1.165) is 0 Å². The second-order valence-corrected chi connectivity index (χ2v) is 5.78. The average molecular weight is 374 g/mol. The summed E-state index contributed by atoms with van der Waals surface area (Å²) in [5.41, 5.74) is 1.33. The number of pyridine rings is 1.